The fourth-order valence-electron chi connectivity index (χ4n) is 3.58. The van der Waals surface area contributed by atoms with E-state index in [1.807, 2.05) is 0 Å². The number of aryl methyl sites for hydroxylation is 2. The van der Waals surface area contributed by atoms with Gasteiger partial charge in [0.15, 0.2) is 0 Å². The van der Waals surface area contributed by atoms with Gasteiger partial charge < -0.3 is 11.1 Å². The molecular weight excluding hydrogens is 208 g/mol. The Labute approximate surface area is 104 Å². The van der Waals surface area contributed by atoms with E-state index in [0.717, 1.165) is 5.92 Å². The molecule has 0 spiro atoms. The molecule has 1 aliphatic carbocycles. The van der Waals surface area contributed by atoms with E-state index < -0.39 is 0 Å². The molecule has 1 saturated carbocycles. The molecule has 3 rings (SSSR count). The summed E-state index contributed by atoms with van der Waals surface area (Å²) in [5, 5.41) is 3.75. The van der Waals surface area contributed by atoms with E-state index in [1.165, 1.54) is 48.1 Å². The first-order valence-electron chi connectivity index (χ1n) is 6.75. The molecule has 1 aromatic rings. The summed E-state index contributed by atoms with van der Waals surface area (Å²) in [6.45, 7) is 4.41. The summed E-state index contributed by atoms with van der Waals surface area (Å²) in [5.74, 6) is 0.743. The van der Waals surface area contributed by atoms with E-state index in [2.05, 4.69) is 31.3 Å². The average Bonchev–Trinajstić information content (AvgIpc) is 2.27. The topological polar surface area (TPSA) is 38.0 Å². The van der Waals surface area contributed by atoms with Gasteiger partial charge in [-0.2, -0.15) is 0 Å². The van der Waals surface area contributed by atoms with Crippen molar-refractivity contribution in [1.82, 2.24) is 0 Å². The molecule has 3 atom stereocenters. The Balaban J connectivity index is 1.94. The number of rotatable bonds is 0. The van der Waals surface area contributed by atoms with Crippen molar-refractivity contribution in [3.63, 3.8) is 0 Å². The van der Waals surface area contributed by atoms with Gasteiger partial charge in [-0.25, -0.2) is 0 Å². The van der Waals surface area contributed by atoms with E-state index in [4.69, 9.17) is 5.73 Å². The number of hydrogen-bond acceptors (Lipinski definition) is 2. The fourth-order valence-corrected chi connectivity index (χ4v) is 3.58. The number of benzene rings is 1. The maximum absolute atomic E-state index is 6.10. The van der Waals surface area contributed by atoms with Crippen molar-refractivity contribution < 1.29 is 0 Å². The molecule has 1 heterocycles. The first kappa shape index (κ1) is 11.1. The summed E-state index contributed by atoms with van der Waals surface area (Å²) in [6.07, 6.45) is 4.81. The van der Waals surface area contributed by atoms with Crippen LogP contribution in [0.4, 0.5) is 5.69 Å². The van der Waals surface area contributed by atoms with Crippen molar-refractivity contribution in [2.24, 2.45) is 11.7 Å². The smallest absolute Gasteiger partial charge is 0.0380 e. The predicted octanol–water partition coefficient (Wildman–Crippen LogP) is 2.77. The molecule has 0 bridgehead atoms. The van der Waals surface area contributed by atoms with Gasteiger partial charge in [-0.05, 0) is 68.2 Å². The molecule has 0 saturated heterocycles. The molecule has 3 N–H and O–H groups in total. The normalized spacial score (nSPS) is 31.4. The third kappa shape index (κ3) is 1.95. The SMILES string of the molecule is Cc1cc(C)c2c(c1)NC1CCC(N)CC1C2. The van der Waals surface area contributed by atoms with E-state index in [1.54, 1.807) is 0 Å². The lowest BCUT2D eigenvalue weighted by Crippen LogP contribution is -2.43. The minimum absolute atomic E-state index is 0.422. The number of anilines is 1. The molecule has 1 fully saturated rings. The molecule has 0 radical (unpaired) electrons. The molecule has 2 nitrogen and oxygen atoms in total. The summed E-state index contributed by atoms with van der Waals surface area (Å²) in [5.41, 5.74) is 11.8. The maximum Gasteiger partial charge on any atom is 0.0380 e. The van der Waals surface area contributed by atoms with Crippen LogP contribution in [-0.2, 0) is 6.42 Å². The zero-order valence-corrected chi connectivity index (χ0v) is 10.8. The molecule has 1 aromatic carbocycles. The van der Waals surface area contributed by atoms with E-state index >= 15 is 0 Å². The standard InChI is InChI=1S/C15H22N2/c1-9-5-10(2)13-8-11-7-12(16)3-4-14(11)17-15(13)6-9/h5-6,11-12,14,17H,3-4,7-8,16H2,1-2H3. The largest absolute Gasteiger partial charge is 0.382 e. The quantitative estimate of drug-likeness (QED) is 0.719. The second-order valence-corrected chi connectivity index (χ2v) is 5.90. The summed E-state index contributed by atoms with van der Waals surface area (Å²) in [4.78, 5) is 0. The second kappa shape index (κ2) is 4.02. The highest BCUT2D eigenvalue weighted by molar-refractivity contribution is 5.59. The first-order valence-corrected chi connectivity index (χ1v) is 6.75. The average molecular weight is 230 g/mol. The Morgan fingerprint density at radius 2 is 2.06 bits per heavy atom. The van der Waals surface area contributed by atoms with Gasteiger partial charge in [0.25, 0.3) is 0 Å². The van der Waals surface area contributed by atoms with Crippen LogP contribution in [0.3, 0.4) is 0 Å². The van der Waals surface area contributed by atoms with Crippen molar-refractivity contribution >= 4 is 5.69 Å². The fraction of sp³-hybridized carbons (Fsp3) is 0.600. The van der Waals surface area contributed by atoms with Crippen LogP contribution in [0.2, 0.25) is 0 Å². The lowest BCUT2D eigenvalue weighted by atomic mass is 9.75. The van der Waals surface area contributed by atoms with E-state index in [9.17, 15) is 0 Å². The van der Waals surface area contributed by atoms with Crippen LogP contribution in [0.1, 0.15) is 36.0 Å². The van der Waals surface area contributed by atoms with Gasteiger partial charge >= 0.3 is 0 Å². The van der Waals surface area contributed by atoms with Crippen molar-refractivity contribution in [2.45, 2.75) is 51.6 Å². The van der Waals surface area contributed by atoms with Crippen LogP contribution in [-0.4, -0.2) is 12.1 Å². The maximum atomic E-state index is 6.10. The minimum Gasteiger partial charge on any atom is -0.382 e. The van der Waals surface area contributed by atoms with Gasteiger partial charge in [-0.15, -0.1) is 0 Å². The molecule has 0 amide bonds. The zero-order valence-electron chi connectivity index (χ0n) is 10.8. The molecular formula is C15H22N2. The van der Waals surface area contributed by atoms with Crippen LogP contribution in [0.25, 0.3) is 0 Å². The van der Waals surface area contributed by atoms with Gasteiger partial charge in [-0.3, -0.25) is 0 Å². The monoisotopic (exact) mass is 230 g/mol. The molecule has 2 aliphatic rings. The van der Waals surface area contributed by atoms with Crippen LogP contribution in [0.15, 0.2) is 12.1 Å². The van der Waals surface area contributed by atoms with Crippen molar-refractivity contribution in [2.75, 3.05) is 5.32 Å². The second-order valence-electron chi connectivity index (χ2n) is 5.90. The highest BCUT2D eigenvalue weighted by Gasteiger charge is 2.33. The van der Waals surface area contributed by atoms with E-state index in [0.29, 0.717) is 12.1 Å². The number of nitrogens with one attached hydrogen (secondary N) is 1. The van der Waals surface area contributed by atoms with Gasteiger partial charge in [0.1, 0.15) is 0 Å². The zero-order chi connectivity index (χ0) is 12.0. The molecule has 1 aliphatic heterocycles. The van der Waals surface area contributed by atoms with Gasteiger partial charge in [0.05, 0.1) is 0 Å². The molecule has 2 heteroatoms. The molecule has 92 valence electrons. The van der Waals surface area contributed by atoms with Gasteiger partial charge in [0, 0.05) is 17.8 Å². The summed E-state index contributed by atoms with van der Waals surface area (Å²) < 4.78 is 0. The third-order valence-corrected chi connectivity index (χ3v) is 4.45. The summed E-state index contributed by atoms with van der Waals surface area (Å²) in [6, 6.07) is 5.67. The lowest BCUT2D eigenvalue weighted by Gasteiger charge is -2.40. The van der Waals surface area contributed by atoms with Crippen LogP contribution in [0, 0.1) is 19.8 Å². The van der Waals surface area contributed by atoms with Crippen molar-refractivity contribution in [3.05, 3.63) is 28.8 Å². The summed E-state index contributed by atoms with van der Waals surface area (Å²) in [7, 11) is 0. The number of fused-ring (bicyclic) bond motifs is 2. The Hall–Kier alpha value is -1.02. The Morgan fingerprint density at radius 3 is 2.88 bits per heavy atom. The predicted molar refractivity (Wildman–Crippen MR) is 72.3 cm³/mol. The van der Waals surface area contributed by atoms with Crippen LogP contribution >= 0.6 is 0 Å². The molecule has 3 unspecified atom stereocenters. The molecule has 17 heavy (non-hydrogen) atoms. The van der Waals surface area contributed by atoms with E-state index in [-0.39, 0.29) is 0 Å². The highest BCUT2D eigenvalue weighted by atomic mass is 15.0. The van der Waals surface area contributed by atoms with Gasteiger partial charge in [0.2, 0.25) is 0 Å². The molecule has 0 aromatic heterocycles. The lowest BCUT2D eigenvalue weighted by molar-refractivity contribution is 0.285. The van der Waals surface area contributed by atoms with Crippen LogP contribution < -0.4 is 11.1 Å². The highest BCUT2D eigenvalue weighted by Crippen LogP contribution is 2.37. The number of nitrogens with two attached hydrogens (primary N) is 1. The Bertz CT molecular complexity index is 439. The third-order valence-electron chi connectivity index (χ3n) is 4.45. The van der Waals surface area contributed by atoms with Gasteiger partial charge in [-0.1, -0.05) is 6.07 Å². The minimum atomic E-state index is 0.422. The van der Waals surface area contributed by atoms with Crippen molar-refractivity contribution in [3.8, 4) is 0 Å². The van der Waals surface area contributed by atoms with Crippen LogP contribution in [0.5, 0.6) is 0 Å². The Kier molecular flexibility index (Phi) is 2.62. The Morgan fingerprint density at radius 1 is 1.24 bits per heavy atom. The van der Waals surface area contributed by atoms with Crippen molar-refractivity contribution in [1.29, 1.82) is 0 Å². The number of hydrogen-bond donors (Lipinski definition) is 2. The summed E-state index contributed by atoms with van der Waals surface area (Å²) >= 11 is 0. The first-order chi connectivity index (χ1) is 8.13.